The number of hydrogen-bond acceptors (Lipinski definition) is 7. The van der Waals surface area contributed by atoms with Crippen molar-refractivity contribution in [2.45, 2.75) is 33.2 Å². The van der Waals surface area contributed by atoms with Crippen LogP contribution in [-0.4, -0.2) is 33.6 Å². The summed E-state index contributed by atoms with van der Waals surface area (Å²) in [5.41, 5.74) is 13.2. The van der Waals surface area contributed by atoms with E-state index in [1.54, 1.807) is 36.7 Å². The summed E-state index contributed by atoms with van der Waals surface area (Å²) in [6, 6.07) is 9.58. The van der Waals surface area contributed by atoms with Crippen LogP contribution in [0.15, 0.2) is 48.8 Å². The molecule has 0 aliphatic heterocycles. The Kier molecular flexibility index (Phi) is 7.95. The lowest BCUT2D eigenvalue weighted by atomic mass is 10.0. The lowest BCUT2D eigenvalue weighted by molar-refractivity contribution is -0.122. The zero-order valence-electron chi connectivity index (χ0n) is 19.3. The molecule has 1 atom stereocenters. The minimum Gasteiger partial charge on any atom is -0.395 e. The van der Waals surface area contributed by atoms with Crippen molar-refractivity contribution >= 4 is 40.6 Å². The molecule has 3 rings (SSSR count). The summed E-state index contributed by atoms with van der Waals surface area (Å²) < 4.78 is 3.96. The molecule has 0 bridgehead atoms. The molecule has 1 unspecified atom stereocenters. The van der Waals surface area contributed by atoms with Gasteiger partial charge in [-0.15, -0.1) is 0 Å². The molecule has 0 radical (unpaired) electrons. The maximum absolute atomic E-state index is 13.9. The number of benzene rings is 1. The predicted octanol–water partition coefficient (Wildman–Crippen LogP) is 3.08. The van der Waals surface area contributed by atoms with Gasteiger partial charge in [0.15, 0.2) is 5.69 Å². The smallest absolute Gasteiger partial charge is 0.273 e. The van der Waals surface area contributed by atoms with Gasteiger partial charge in [0.25, 0.3) is 11.8 Å². The third-order valence-corrected chi connectivity index (χ3v) is 6.09. The molecule has 34 heavy (non-hydrogen) atoms. The van der Waals surface area contributed by atoms with Gasteiger partial charge in [-0.25, -0.2) is 0 Å². The fraction of sp³-hybridized carbons (Fsp3) is 0.292. The number of nitrogens with one attached hydrogen (secondary N) is 1. The summed E-state index contributed by atoms with van der Waals surface area (Å²) in [6.45, 7) is 6.52. The van der Waals surface area contributed by atoms with Crippen molar-refractivity contribution in [3.8, 4) is 0 Å². The van der Waals surface area contributed by atoms with Crippen molar-refractivity contribution in [1.29, 1.82) is 0 Å². The zero-order valence-corrected chi connectivity index (χ0v) is 20.1. The maximum Gasteiger partial charge on any atom is 0.273 e. The number of amides is 3. The van der Waals surface area contributed by atoms with Crippen LogP contribution < -0.4 is 21.7 Å². The summed E-state index contributed by atoms with van der Waals surface area (Å²) in [5.74, 6) is -1.34. The monoisotopic (exact) mass is 480 g/mol. The van der Waals surface area contributed by atoms with Crippen molar-refractivity contribution < 1.29 is 14.4 Å². The van der Waals surface area contributed by atoms with E-state index in [1.807, 2.05) is 19.1 Å². The molecule has 0 aliphatic carbocycles. The Balaban J connectivity index is 2.12. The molecule has 5 N–H and O–H groups in total. The molecule has 0 saturated heterocycles. The van der Waals surface area contributed by atoms with E-state index < -0.39 is 17.9 Å². The van der Waals surface area contributed by atoms with E-state index in [4.69, 9.17) is 11.5 Å². The first kappa shape index (κ1) is 24.8. The number of nitrogen functional groups attached to an aromatic ring is 1. The lowest BCUT2D eigenvalue weighted by Gasteiger charge is -2.31. The van der Waals surface area contributed by atoms with Gasteiger partial charge in [-0.2, -0.15) is 4.37 Å². The summed E-state index contributed by atoms with van der Waals surface area (Å²) in [6.07, 6.45) is 3.92. The van der Waals surface area contributed by atoms with Crippen LogP contribution in [0.5, 0.6) is 0 Å². The van der Waals surface area contributed by atoms with E-state index in [9.17, 15) is 14.4 Å². The van der Waals surface area contributed by atoms with Crippen LogP contribution in [0.4, 0.5) is 11.4 Å². The first-order valence-electron chi connectivity index (χ1n) is 10.8. The Hall–Kier alpha value is -3.79. The van der Waals surface area contributed by atoms with E-state index in [2.05, 4.69) is 28.5 Å². The largest absolute Gasteiger partial charge is 0.395 e. The third-order valence-electron chi connectivity index (χ3n) is 5.24. The number of hydrogen-bond donors (Lipinski definition) is 3. The number of rotatable bonds is 9. The molecule has 10 heteroatoms. The highest BCUT2D eigenvalue weighted by Crippen LogP contribution is 2.33. The molecular weight excluding hydrogens is 452 g/mol. The van der Waals surface area contributed by atoms with Crippen molar-refractivity contribution in [1.82, 2.24) is 14.7 Å². The fourth-order valence-corrected chi connectivity index (χ4v) is 4.11. The van der Waals surface area contributed by atoms with Crippen molar-refractivity contribution in [2.24, 2.45) is 11.7 Å². The Bertz CT molecular complexity index is 1160. The van der Waals surface area contributed by atoms with Crippen molar-refractivity contribution in [2.75, 3.05) is 17.2 Å². The van der Waals surface area contributed by atoms with E-state index >= 15 is 0 Å². The van der Waals surface area contributed by atoms with E-state index in [0.29, 0.717) is 23.7 Å². The number of primary amides is 1. The SMILES string of the molecule is Cc1ccc(N(C(=O)c2snc(C(N)=O)c2N)C(C(=O)NCCC(C)C)c2ccncc2)cc1. The van der Waals surface area contributed by atoms with E-state index in [0.717, 1.165) is 23.5 Å². The van der Waals surface area contributed by atoms with E-state index in [-0.39, 0.29) is 22.2 Å². The molecule has 1 aromatic carbocycles. The number of aryl methyl sites for hydroxylation is 1. The fourth-order valence-electron chi connectivity index (χ4n) is 3.37. The number of nitrogens with two attached hydrogens (primary N) is 2. The van der Waals surface area contributed by atoms with Crippen LogP contribution in [0.3, 0.4) is 0 Å². The topological polar surface area (TPSA) is 144 Å². The number of nitrogens with zero attached hydrogens (tertiary/aromatic N) is 3. The molecule has 178 valence electrons. The highest BCUT2D eigenvalue weighted by Gasteiger charge is 2.35. The number of pyridine rings is 1. The second-order valence-electron chi connectivity index (χ2n) is 8.31. The lowest BCUT2D eigenvalue weighted by Crippen LogP contribution is -2.44. The molecule has 0 spiro atoms. The average Bonchev–Trinajstić information content (AvgIpc) is 3.19. The molecule has 0 saturated carbocycles. The second-order valence-corrected chi connectivity index (χ2v) is 9.08. The third kappa shape index (κ3) is 5.57. The summed E-state index contributed by atoms with van der Waals surface area (Å²) in [7, 11) is 0. The Morgan fingerprint density at radius 3 is 2.29 bits per heavy atom. The van der Waals surface area contributed by atoms with Crippen LogP contribution in [-0.2, 0) is 4.79 Å². The van der Waals surface area contributed by atoms with Gasteiger partial charge in [-0.1, -0.05) is 31.5 Å². The quantitative estimate of drug-likeness (QED) is 0.429. The highest BCUT2D eigenvalue weighted by atomic mass is 32.1. The zero-order chi connectivity index (χ0) is 24.8. The summed E-state index contributed by atoms with van der Waals surface area (Å²) in [5, 5.41) is 2.95. The summed E-state index contributed by atoms with van der Waals surface area (Å²) in [4.78, 5) is 44.5. The Morgan fingerprint density at radius 2 is 1.74 bits per heavy atom. The van der Waals surface area contributed by atoms with Crippen LogP contribution in [0.1, 0.15) is 57.6 Å². The molecule has 0 fully saturated rings. The highest BCUT2D eigenvalue weighted by molar-refractivity contribution is 7.09. The number of carbonyl (C=O) groups excluding carboxylic acids is 3. The van der Waals surface area contributed by atoms with Crippen LogP contribution in [0, 0.1) is 12.8 Å². The van der Waals surface area contributed by atoms with Crippen LogP contribution >= 0.6 is 11.5 Å². The molecule has 3 amide bonds. The van der Waals surface area contributed by atoms with Gasteiger partial charge in [-0.3, -0.25) is 24.3 Å². The molecule has 2 aromatic heterocycles. The van der Waals surface area contributed by atoms with E-state index in [1.165, 1.54) is 4.90 Å². The van der Waals surface area contributed by atoms with Gasteiger partial charge >= 0.3 is 0 Å². The van der Waals surface area contributed by atoms with Crippen LogP contribution in [0.2, 0.25) is 0 Å². The van der Waals surface area contributed by atoms with Gasteiger partial charge in [-0.05, 0) is 60.6 Å². The standard InChI is InChI=1S/C24H28N6O3S/c1-14(2)8-13-28-23(32)20(16-9-11-27-12-10-16)30(17-6-4-15(3)5-7-17)24(33)21-18(25)19(22(26)31)29-34-21/h4-7,9-12,14,20H,8,13,25H2,1-3H3,(H2,26,31)(H,28,32). The minimum atomic E-state index is -1.01. The number of aromatic nitrogens is 2. The first-order chi connectivity index (χ1) is 16.2. The van der Waals surface area contributed by atoms with Gasteiger partial charge in [0.1, 0.15) is 10.9 Å². The minimum absolute atomic E-state index is 0.0309. The first-order valence-corrected chi connectivity index (χ1v) is 11.6. The Morgan fingerprint density at radius 1 is 1.09 bits per heavy atom. The average molecular weight is 481 g/mol. The van der Waals surface area contributed by atoms with Gasteiger partial charge in [0.2, 0.25) is 5.91 Å². The van der Waals surface area contributed by atoms with Crippen molar-refractivity contribution in [3.63, 3.8) is 0 Å². The number of carbonyl (C=O) groups is 3. The number of anilines is 2. The molecule has 3 aromatic rings. The maximum atomic E-state index is 13.9. The normalized spacial score (nSPS) is 11.8. The molecule has 2 heterocycles. The Labute approximate surface area is 202 Å². The van der Waals surface area contributed by atoms with Gasteiger partial charge in [0, 0.05) is 24.6 Å². The van der Waals surface area contributed by atoms with Crippen molar-refractivity contribution in [3.05, 3.63) is 70.5 Å². The van der Waals surface area contributed by atoms with Crippen LogP contribution in [0.25, 0.3) is 0 Å². The summed E-state index contributed by atoms with van der Waals surface area (Å²) >= 11 is 0.774. The molecule has 9 nitrogen and oxygen atoms in total. The van der Waals surface area contributed by atoms with Gasteiger partial charge in [0.05, 0.1) is 5.69 Å². The van der Waals surface area contributed by atoms with Gasteiger partial charge < -0.3 is 16.8 Å². The molecule has 0 aliphatic rings. The predicted molar refractivity (Wildman–Crippen MR) is 132 cm³/mol. The molecular formula is C24H28N6O3S. The second kappa shape index (κ2) is 10.9.